The van der Waals surface area contributed by atoms with Crippen molar-refractivity contribution in [3.05, 3.63) is 85.2 Å². The summed E-state index contributed by atoms with van der Waals surface area (Å²) in [5.74, 6) is 0.362. The summed E-state index contributed by atoms with van der Waals surface area (Å²) < 4.78 is 11.5. The van der Waals surface area contributed by atoms with E-state index in [0.29, 0.717) is 39.0 Å². The summed E-state index contributed by atoms with van der Waals surface area (Å²) >= 11 is 7.55. The third-order valence-corrected chi connectivity index (χ3v) is 6.87. The van der Waals surface area contributed by atoms with E-state index < -0.39 is 6.04 Å². The van der Waals surface area contributed by atoms with E-state index in [-0.39, 0.29) is 17.1 Å². The third kappa shape index (κ3) is 3.20. The summed E-state index contributed by atoms with van der Waals surface area (Å²) in [5.41, 5.74) is 1.95. The molecule has 0 spiro atoms. The molecule has 0 saturated carbocycles. The van der Waals surface area contributed by atoms with E-state index in [1.165, 1.54) is 11.3 Å². The number of hydrogen-bond acceptors (Lipinski definition) is 6. The first kappa shape index (κ1) is 20.7. The number of amides is 1. The molecule has 1 aliphatic rings. The standard InChI is InChI=1S/C24H19ClN2O4S/c1-4-30-16-8-5-14(6-9-16)20-19-21(28)17-11-15(25)7-10-18(17)31-22(19)23(29)27(20)24-26-12(2)13(3)32-24/h5-11,20H,4H2,1-3H3/t20-/m0/s1. The SMILES string of the molecule is CCOc1ccc([C@H]2c3c(oc4ccc(Cl)cc4c3=O)C(=O)N2c2nc(C)c(C)s2)cc1. The van der Waals surface area contributed by atoms with Crippen molar-refractivity contribution in [3.63, 3.8) is 0 Å². The number of carbonyl (C=O) groups is 1. The zero-order valence-corrected chi connectivity index (χ0v) is 19.2. The van der Waals surface area contributed by atoms with Crippen LogP contribution in [0.1, 0.15) is 45.2 Å². The van der Waals surface area contributed by atoms with Crippen LogP contribution in [0.4, 0.5) is 5.13 Å². The van der Waals surface area contributed by atoms with Gasteiger partial charge in [-0.1, -0.05) is 23.7 Å². The maximum atomic E-state index is 13.6. The molecule has 2 aromatic heterocycles. The molecule has 0 unspecified atom stereocenters. The van der Waals surface area contributed by atoms with Crippen LogP contribution in [0.3, 0.4) is 0 Å². The zero-order chi connectivity index (χ0) is 22.6. The zero-order valence-electron chi connectivity index (χ0n) is 17.6. The van der Waals surface area contributed by atoms with Gasteiger partial charge in [-0.05, 0) is 56.7 Å². The van der Waals surface area contributed by atoms with E-state index in [1.807, 2.05) is 45.0 Å². The van der Waals surface area contributed by atoms with E-state index in [0.717, 1.165) is 16.1 Å². The second kappa shape index (κ2) is 7.76. The van der Waals surface area contributed by atoms with E-state index in [2.05, 4.69) is 4.98 Å². The first-order valence-corrected chi connectivity index (χ1v) is 11.3. The number of hydrogen-bond donors (Lipinski definition) is 0. The first-order valence-electron chi connectivity index (χ1n) is 10.2. The minimum Gasteiger partial charge on any atom is -0.494 e. The number of halogens is 1. The first-order chi connectivity index (χ1) is 15.4. The molecular formula is C24H19ClN2O4S. The van der Waals surface area contributed by atoms with E-state index >= 15 is 0 Å². The maximum absolute atomic E-state index is 13.6. The lowest BCUT2D eigenvalue weighted by Crippen LogP contribution is -2.29. The summed E-state index contributed by atoms with van der Waals surface area (Å²) in [4.78, 5) is 34.3. The molecule has 1 atom stereocenters. The number of benzene rings is 2. The Morgan fingerprint density at radius 2 is 1.91 bits per heavy atom. The van der Waals surface area contributed by atoms with Crippen molar-refractivity contribution >= 4 is 44.9 Å². The van der Waals surface area contributed by atoms with Crippen LogP contribution in [0.25, 0.3) is 11.0 Å². The molecule has 3 heterocycles. The molecule has 1 amide bonds. The van der Waals surface area contributed by atoms with Crippen molar-refractivity contribution in [2.45, 2.75) is 26.8 Å². The molecule has 6 nitrogen and oxygen atoms in total. The van der Waals surface area contributed by atoms with Gasteiger partial charge >= 0.3 is 0 Å². The Morgan fingerprint density at radius 3 is 2.56 bits per heavy atom. The molecule has 1 aliphatic heterocycles. The fourth-order valence-corrected chi connectivity index (χ4v) is 5.04. The lowest BCUT2D eigenvalue weighted by atomic mass is 9.98. The highest BCUT2D eigenvalue weighted by Crippen LogP contribution is 2.43. The summed E-state index contributed by atoms with van der Waals surface area (Å²) in [5, 5.41) is 1.29. The molecule has 0 saturated heterocycles. The normalized spacial score (nSPS) is 15.4. The summed E-state index contributed by atoms with van der Waals surface area (Å²) in [6.45, 7) is 6.31. The van der Waals surface area contributed by atoms with Crippen LogP contribution < -0.4 is 15.1 Å². The van der Waals surface area contributed by atoms with Crippen LogP contribution in [0.2, 0.25) is 5.02 Å². The highest BCUT2D eigenvalue weighted by Gasteiger charge is 2.45. The summed E-state index contributed by atoms with van der Waals surface area (Å²) in [6, 6.07) is 11.5. The van der Waals surface area contributed by atoms with Crippen LogP contribution in [0.5, 0.6) is 5.75 Å². The lowest BCUT2D eigenvalue weighted by molar-refractivity contribution is 0.0971. The van der Waals surface area contributed by atoms with Gasteiger partial charge in [-0.25, -0.2) is 4.98 Å². The predicted molar refractivity (Wildman–Crippen MR) is 125 cm³/mol. The molecule has 2 aromatic carbocycles. The van der Waals surface area contributed by atoms with E-state index in [4.69, 9.17) is 20.8 Å². The molecule has 0 aliphatic carbocycles. The largest absolute Gasteiger partial charge is 0.494 e. The summed E-state index contributed by atoms with van der Waals surface area (Å²) in [6.07, 6.45) is 0. The van der Waals surface area contributed by atoms with Gasteiger partial charge in [0.25, 0.3) is 5.91 Å². The number of fused-ring (bicyclic) bond motifs is 2. The van der Waals surface area contributed by atoms with Gasteiger partial charge in [0.2, 0.25) is 5.76 Å². The number of thiazole rings is 1. The number of nitrogens with zero attached hydrogens (tertiary/aromatic N) is 2. The van der Waals surface area contributed by atoms with E-state index in [1.54, 1.807) is 23.1 Å². The van der Waals surface area contributed by atoms with Crippen LogP contribution in [0, 0.1) is 13.8 Å². The van der Waals surface area contributed by atoms with Gasteiger partial charge in [0.15, 0.2) is 10.6 Å². The van der Waals surface area contributed by atoms with E-state index in [9.17, 15) is 9.59 Å². The predicted octanol–water partition coefficient (Wildman–Crippen LogP) is 5.67. The van der Waals surface area contributed by atoms with Gasteiger partial charge in [0.05, 0.1) is 29.3 Å². The number of aryl methyl sites for hydroxylation is 2. The number of rotatable bonds is 4. The number of ether oxygens (including phenoxy) is 1. The molecule has 0 radical (unpaired) electrons. The Balaban J connectivity index is 1.77. The number of aromatic nitrogens is 1. The quantitative estimate of drug-likeness (QED) is 0.387. The Bertz CT molecular complexity index is 1410. The number of anilines is 1. The Hall–Kier alpha value is -3.16. The van der Waals surface area contributed by atoms with Crippen molar-refractivity contribution in [2.24, 2.45) is 0 Å². The van der Waals surface area contributed by atoms with Gasteiger partial charge in [-0.3, -0.25) is 14.5 Å². The van der Waals surface area contributed by atoms with Gasteiger partial charge in [-0.2, -0.15) is 0 Å². The Morgan fingerprint density at radius 1 is 1.16 bits per heavy atom. The van der Waals surface area contributed by atoms with Crippen molar-refractivity contribution in [1.29, 1.82) is 0 Å². The minimum atomic E-state index is -0.669. The van der Waals surface area contributed by atoms with Crippen molar-refractivity contribution in [1.82, 2.24) is 4.98 Å². The molecule has 32 heavy (non-hydrogen) atoms. The molecule has 0 bridgehead atoms. The molecular weight excluding hydrogens is 448 g/mol. The highest BCUT2D eigenvalue weighted by molar-refractivity contribution is 7.15. The van der Waals surface area contributed by atoms with Gasteiger partial charge < -0.3 is 9.15 Å². The highest BCUT2D eigenvalue weighted by atomic mass is 35.5. The summed E-state index contributed by atoms with van der Waals surface area (Å²) in [7, 11) is 0. The maximum Gasteiger partial charge on any atom is 0.297 e. The molecule has 8 heteroatoms. The van der Waals surface area contributed by atoms with Crippen molar-refractivity contribution < 1.29 is 13.9 Å². The molecule has 162 valence electrons. The monoisotopic (exact) mass is 466 g/mol. The van der Waals surface area contributed by atoms with Crippen LogP contribution in [-0.2, 0) is 0 Å². The molecule has 4 aromatic rings. The molecule has 0 N–H and O–H groups in total. The fourth-order valence-electron chi connectivity index (χ4n) is 3.93. The topological polar surface area (TPSA) is 72.6 Å². The Kier molecular flexibility index (Phi) is 5.03. The van der Waals surface area contributed by atoms with Crippen LogP contribution >= 0.6 is 22.9 Å². The smallest absolute Gasteiger partial charge is 0.297 e. The van der Waals surface area contributed by atoms with Gasteiger partial charge in [0, 0.05) is 9.90 Å². The van der Waals surface area contributed by atoms with Crippen LogP contribution in [0.15, 0.2) is 51.7 Å². The second-order valence-electron chi connectivity index (χ2n) is 7.53. The second-order valence-corrected chi connectivity index (χ2v) is 9.15. The average Bonchev–Trinajstić information content (AvgIpc) is 3.26. The lowest BCUT2D eigenvalue weighted by Gasteiger charge is -2.22. The molecule has 5 rings (SSSR count). The average molecular weight is 467 g/mol. The Labute approximate surface area is 193 Å². The van der Waals surface area contributed by atoms with Crippen LogP contribution in [-0.4, -0.2) is 17.5 Å². The minimum absolute atomic E-state index is 0.0363. The van der Waals surface area contributed by atoms with Crippen molar-refractivity contribution in [3.8, 4) is 5.75 Å². The van der Waals surface area contributed by atoms with Gasteiger partial charge in [-0.15, -0.1) is 11.3 Å². The molecule has 0 fully saturated rings. The fraction of sp³-hybridized carbons (Fsp3) is 0.208. The van der Waals surface area contributed by atoms with Gasteiger partial charge in [0.1, 0.15) is 11.3 Å². The third-order valence-electron chi connectivity index (χ3n) is 5.56. The number of carbonyl (C=O) groups excluding carboxylic acids is 1. The van der Waals surface area contributed by atoms with Crippen molar-refractivity contribution in [2.75, 3.05) is 11.5 Å².